The lowest BCUT2D eigenvalue weighted by atomic mass is 10.2. The van der Waals surface area contributed by atoms with Gasteiger partial charge in [-0.2, -0.15) is 5.10 Å². The van der Waals surface area contributed by atoms with Gasteiger partial charge in [0.1, 0.15) is 5.75 Å². The average Bonchev–Trinajstić information content (AvgIpc) is 2.77. The number of methoxy groups -OCH3 is 1. The minimum absolute atomic E-state index is 0. The summed E-state index contributed by atoms with van der Waals surface area (Å²) in [4.78, 5) is 0. The lowest BCUT2D eigenvalue weighted by Crippen LogP contribution is -2.01. The summed E-state index contributed by atoms with van der Waals surface area (Å²) >= 11 is 0. The standard InChI is InChI=1S/C15H21N3O.ClH/c1-4-9-18-11-14(12(2)17-18)16-10-13-7-5-6-8-15(13)19-3;/h5-8,11,16H,4,9-10H2,1-3H3;1H. The Kier molecular flexibility index (Phi) is 6.39. The second kappa shape index (κ2) is 7.80. The summed E-state index contributed by atoms with van der Waals surface area (Å²) < 4.78 is 7.33. The maximum Gasteiger partial charge on any atom is 0.123 e. The molecule has 4 nitrogen and oxygen atoms in total. The van der Waals surface area contributed by atoms with Crippen LogP contribution in [-0.4, -0.2) is 16.9 Å². The maximum atomic E-state index is 5.35. The zero-order valence-electron chi connectivity index (χ0n) is 12.2. The zero-order valence-corrected chi connectivity index (χ0v) is 13.0. The van der Waals surface area contributed by atoms with Crippen LogP contribution in [0.15, 0.2) is 30.5 Å². The van der Waals surface area contributed by atoms with Crippen molar-refractivity contribution in [3.8, 4) is 5.75 Å². The Balaban J connectivity index is 0.00000200. The molecule has 20 heavy (non-hydrogen) atoms. The van der Waals surface area contributed by atoms with E-state index in [0.29, 0.717) is 0 Å². The van der Waals surface area contributed by atoms with Gasteiger partial charge in [0, 0.05) is 24.8 Å². The molecule has 0 saturated carbocycles. The number of hydrogen-bond acceptors (Lipinski definition) is 3. The Labute approximate surface area is 126 Å². The van der Waals surface area contributed by atoms with Crippen molar-refractivity contribution in [2.75, 3.05) is 12.4 Å². The molecule has 2 rings (SSSR count). The lowest BCUT2D eigenvalue weighted by Gasteiger charge is -2.09. The van der Waals surface area contributed by atoms with Gasteiger partial charge in [-0.3, -0.25) is 4.68 Å². The molecule has 0 aliphatic carbocycles. The Morgan fingerprint density at radius 3 is 2.75 bits per heavy atom. The summed E-state index contributed by atoms with van der Waals surface area (Å²) in [7, 11) is 1.70. The summed E-state index contributed by atoms with van der Waals surface area (Å²) in [6.45, 7) is 5.87. The van der Waals surface area contributed by atoms with Crippen LogP contribution in [0, 0.1) is 6.92 Å². The van der Waals surface area contributed by atoms with E-state index in [2.05, 4.69) is 29.6 Å². The van der Waals surface area contributed by atoms with Gasteiger partial charge in [0.05, 0.1) is 18.5 Å². The third-order valence-corrected chi connectivity index (χ3v) is 3.06. The van der Waals surface area contributed by atoms with Gasteiger partial charge < -0.3 is 10.1 Å². The van der Waals surface area contributed by atoms with Crippen molar-refractivity contribution in [1.29, 1.82) is 0 Å². The molecule has 0 spiro atoms. The molecule has 1 N–H and O–H groups in total. The molecule has 1 aromatic carbocycles. The van der Waals surface area contributed by atoms with Crippen LogP contribution in [0.2, 0.25) is 0 Å². The number of aromatic nitrogens is 2. The summed E-state index contributed by atoms with van der Waals surface area (Å²) in [6.07, 6.45) is 3.15. The van der Waals surface area contributed by atoms with Crippen LogP contribution in [0.1, 0.15) is 24.6 Å². The smallest absolute Gasteiger partial charge is 0.123 e. The van der Waals surface area contributed by atoms with E-state index < -0.39 is 0 Å². The van der Waals surface area contributed by atoms with E-state index in [-0.39, 0.29) is 12.4 Å². The van der Waals surface area contributed by atoms with Crippen LogP contribution in [-0.2, 0) is 13.1 Å². The fourth-order valence-electron chi connectivity index (χ4n) is 2.07. The summed E-state index contributed by atoms with van der Waals surface area (Å²) in [5, 5.41) is 7.90. The van der Waals surface area contributed by atoms with Crippen molar-refractivity contribution in [3.05, 3.63) is 41.7 Å². The van der Waals surface area contributed by atoms with Crippen molar-refractivity contribution in [2.24, 2.45) is 0 Å². The first-order valence-electron chi connectivity index (χ1n) is 6.64. The van der Waals surface area contributed by atoms with E-state index in [9.17, 15) is 0 Å². The molecule has 2 aromatic rings. The highest BCUT2D eigenvalue weighted by Crippen LogP contribution is 2.20. The average molecular weight is 296 g/mol. The molecule has 1 heterocycles. The molecule has 0 aliphatic rings. The van der Waals surface area contributed by atoms with Gasteiger partial charge in [0.2, 0.25) is 0 Å². The van der Waals surface area contributed by atoms with Gasteiger partial charge in [-0.05, 0) is 19.4 Å². The number of benzene rings is 1. The minimum Gasteiger partial charge on any atom is -0.496 e. The summed E-state index contributed by atoms with van der Waals surface area (Å²) in [6, 6.07) is 8.04. The summed E-state index contributed by atoms with van der Waals surface area (Å²) in [5.74, 6) is 0.911. The molecule has 0 aliphatic heterocycles. The highest BCUT2D eigenvalue weighted by atomic mass is 35.5. The monoisotopic (exact) mass is 295 g/mol. The Morgan fingerprint density at radius 1 is 1.30 bits per heavy atom. The molecule has 0 saturated heterocycles. The van der Waals surface area contributed by atoms with Crippen LogP contribution in [0.5, 0.6) is 5.75 Å². The summed E-state index contributed by atoms with van der Waals surface area (Å²) in [5.41, 5.74) is 3.26. The third kappa shape index (κ3) is 3.90. The van der Waals surface area contributed by atoms with Crippen molar-refractivity contribution in [2.45, 2.75) is 33.4 Å². The number of hydrogen-bond donors (Lipinski definition) is 1. The molecule has 110 valence electrons. The first-order valence-corrected chi connectivity index (χ1v) is 6.64. The quantitative estimate of drug-likeness (QED) is 0.884. The van der Waals surface area contributed by atoms with Crippen LogP contribution < -0.4 is 10.1 Å². The van der Waals surface area contributed by atoms with Gasteiger partial charge in [-0.1, -0.05) is 25.1 Å². The SMILES string of the molecule is CCCn1cc(NCc2ccccc2OC)c(C)n1.Cl. The van der Waals surface area contributed by atoms with Gasteiger partial charge in [0.15, 0.2) is 0 Å². The minimum atomic E-state index is 0. The number of ether oxygens (including phenoxy) is 1. The fourth-order valence-corrected chi connectivity index (χ4v) is 2.07. The zero-order chi connectivity index (χ0) is 13.7. The van der Waals surface area contributed by atoms with Crippen LogP contribution in [0.25, 0.3) is 0 Å². The molecule has 0 unspecified atom stereocenters. The highest BCUT2D eigenvalue weighted by molar-refractivity contribution is 5.85. The van der Waals surface area contributed by atoms with E-state index in [1.807, 2.05) is 29.8 Å². The molecule has 0 fully saturated rings. The van der Waals surface area contributed by atoms with Crippen molar-refractivity contribution in [1.82, 2.24) is 9.78 Å². The molecule has 0 radical (unpaired) electrons. The van der Waals surface area contributed by atoms with E-state index in [4.69, 9.17) is 4.74 Å². The Morgan fingerprint density at radius 2 is 2.05 bits per heavy atom. The Bertz CT molecular complexity index is 540. The van der Waals surface area contributed by atoms with Gasteiger partial charge >= 0.3 is 0 Å². The number of para-hydroxylation sites is 1. The van der Waals surface area contributed by atoms with E-state index in [1.165, 1.54) is 0 Å². The van der Waals surface area contributed by atoms with Crippen LogP contribution >= 0.6 is 12.4 Å². The van der Waals surface area contributed by atoms with Gasteiger partial charge in [-0.15, -0.1) is 12.4 Å². The predicted molar refractivity (Wildman–Crippen MR) is 84.8 cm³/mol. The van der Waals surface area contributed by atoms with Crippen molar-refractivity contribution in [3.63, 3.8) is 0 Å². The highest BCUT2D eigenvalue weighted by Gasteiger charge is 2.06. The first-order chi connectivity index (χ1) is 9.24. The van der Waals surface area contributed by atoms with Crippen LogP contribution in [0.4, 0.5) is 5.69 Å². The number of aryl methyl sites for hydroxylation is 2. The van der Waals surface area contributed by atoms with Crippen LogP contribution in [0.3, 0.4) is 0 Å². The molecule has 0 bridgehead atoms. The number of nitrogens with zero attached hydrogens (tertiary/aromatic N) is 2. The molecule has 1 aromatic heterocycles. The second-order valence-electron chi connectivity index (χ2n) is 4.56. The normalized spacial score (nSPS) is 9.95. The maximum absolute atomic E-state index is 5.35. The Hall–Kier alpha value is -1.68. The lowest BCUT2D eigenvalue weighted by molar-refractivity contribution is 0.410. The molecular weight excluding hydrogens is 274 g/mol. The largest absolute Gasteiger partial charge is 0.496 e. The van der Waals surface area contributed by atoms with Crippen molar-refractivity contribution < 1.29 is 4.74 Å². The molecular formula is C15H22ClN3O. The number of anilines is 1. The third-order valence-electron chi connectivity index (χ3n) is 3.06. The topological polar surface area (TPSA) is 39.1 Å². The second-order valence-corrected chi connectivity index (χ2v) is 4.56. The first kappa shape index (κ1) is 16.4. The fraction of sp³-hybridized carbons (Fsp3) is 0.400. The molecule has 0 atom stereocenters. The molecule has 0 amide bonds. The van der Waals surface area contributed by atoms with Crippen molar-refractivity contribution >= 4 is 18.1 Å². The van der Waals surface area contributed by atoms with E-state index in [1.54, 1.807) is 7.11 Å². The number of nitrogens with one attached hydrogen (secondary N) is 1. The van der Waals surface area contributed by atoms with E-state index in [0.717, 1.165) is 42.2 Å². The van der Waals surface area contributed by atoms with Gasteiger partial charge in [-0.25, -0.2) is 0 Å². The number of halogens is 1. The van der Waals surface area contributed by atoms with Gasteiger partial charge in [0.25, 0.3) is 0 Å². The predicted octanol–water partition coefficient (Wildman–Crippen LogP) is 3.64. The molecule has 5 heteroatoms. The number of rotatable bonds is 6. The van der Waals surface area contributed by atoms with E-state index >= 15 is 0 Å².